The van der Waals surface area contributed by atoms with Crippen LogP contribution in [0.3, 0.4) is 0 Å². The lowest BCUT2D eigenvalue weighted by atomic mass is 9.84. The Bertz CT molecular complexity index is 3790. The van der Waals surface area contributed by atoms with Crippen LogP contribution < -0.4 is 0 Å². The summed E-state index contributed by atoms with van der Waals surface area (Å²) in [4.78, 5) is 0. The van der Waals surface area contributed by atoms with Gasteiger partial charge < -0.3 is 9.13 Å². The third-order valence-electron chi connectivity index (χ3n) is 13.1. The molecule has 0 unspecified atom stereocenters. The molecular formula is C60H38N2. The zero-order valence-corrected chi connectivity index (χ0v) is 33.8. The lowest BCUT2D eigenvalue weighted by molar-refractivity contribution is 1.18. The number of fused-ring (bicyclic) bond motifs is 9. The maximum atomic E-state index is 2.45. The average molecular weight is 787 g/mol. The molecule has 2 heteroatoms. The number of benzene rings is 11. The molecule has 0 bridgehead atoms. The summed E-state index contributed by atoms with van der Waals surface area (Å²) < 4.78 is 4.89. The largest absolute Gasteiger partial charge is 0.309 e. The highest BCUT2D eigenvalue weighted by molar-refractivity contribution is 6.24. The van der Waals surface area contributed by atoms with E-state index in [0.29, 0.717) is 0 Å². The van der Waals surface area contributed by atoms with Crippen molar-refractivity contribution < 1.29 is 0 Å². The third-order valence-corrected chi connectivity index (χ3v) is 13.1. The Morgan fingerprint density at radius 2 is 0.629 bits per heavy atom. The van der Waals surface area contributed by atoms with Gasteiger partial charge in [0.1, 0.15) is 0 Å². The summed E-state index contributed by atoms with van der Waals surface area (Å²) in [7, 11) is 0. The number of hydrogen-bond donors (Lipinski definition) is 0. The molecule has 62 heavy (non-hydrogen) atoms. The average Bonchev–Trinajstić information content (AvgIpc) is 3.86. The van der Waals surface area contributed by atoms with Crippen LogP contribution in [0, 0.1) is 0 Å². The van der Waals surface area contributed by atoms with Gasteiger partial charge in [-0.25, -0.2) is 0 Å². The van der Waals surface area contributed by atoms with Crippen LogP contribution in [0.5, 0.6) is 0 Å². The Morgan fingerprint density at radius 1 is 0.226 bits per heavy atom. The van der Waals surface area contributed by atoms with Gasteiger partial charge in [-0.1, -0.05) is 182 Å². The van der Waals surface area contributed by atoms with E-state index in [9.17, 15) is 0 Å². The minimum atomic E-state index is 1.14. The first-order valence-electron chi connectivity index (χ1n) is 21.4. The summed E-state index contributed by atoms with van der Waals surface area (Å²) >= 11 is 0. The minimum Gasteiger partial charge on any atom is -0.309 e. The molecule has 13 aromatic rings. The van der Waals surface area contributed by atoms with E-state index < -0.39 is 0 Å². The number of para-hydroxylation sites is 4. The van der Waals surface area contributed by atoms with Gasteiger partial charge in [0.25, 0.3) is 0 Å². The Labute approximate surface area is 358 Å². The smallest absolute Gasteiger partial charge is 0.0541 e. The van der Waals surface area contributed by atoms with Crippen LogP contribution >= 0.6 is 0 Å². The predicted octanol–water partition coefficient (Wildman–Crippen LogP) is 16.3. The molecule has 13 rings (SSSR count). The van der Waals surface area contributed by atoms with Gasteiger partial charge in [0, 0.05) is 32.9 Å². The normalized spacial score (nSPS) is 11.9. The van der Waals surface area contributed by atoms with Crippen molar-refractivity contribution >= 4 is 75.9 Å². The van der Waals surface area contributed by atoms with Crippen molar-refractivity contribution in [2.75, 3.05) is 0 Å². The first kappa shape index (κ1) is 34.6. The highest BCUT2D eigenvalue weighted by atomic mass is 15.0. The predicted molar refractivity (Wildman–Crippen MR) is 264 cm³/mol. The van der Waals surface area contributed by atoms with Crippen LogP contribution in [0.4, 0.5) is 0 Å². The Hall–Kier alpha value is -8.20. The van der Waals surface area contributed by atoms with Crippen molar-refractivity contribution in [2.24, 2.45) is 0 Å². The molecule has 0 aliphatic rings. The van der Waals surface area contributed by atoms with E-state index in [2.05, 4.69) is 240 Å². The molecule has 2 nitrogen and oxygen atoms in total. The van der Waals surface area contributed by atoms with Crippen LogP contribution in [0.25, 0.3) is 121 Å². The zero-order valence-electron chi connectivity index (χ0n) is 33.8. The lowest BCUT2D eigenvalue weighted by Gasteiger charge is -2.21. The Kier molecular flexibility index (Phi) is 7.64. The summed E-state index contributed by atoms with van der Waals surface area (Å²) in [6.45, 7) is 0. The van der Waals surface area contributed by atoms with Gasteiger partial charge in [-0.15, -0.1) is 0 Å². The number of hydrogen-bond acceptors (Lipinski definition) is 0. The molecule has 0 spiro atoms. The Morgan fingerprint density at radius 3 is 1.18 bits per heavy atom. The van der Waals surface area contributed by atoms with Crippen molar-refractivity contribution in [3.05, 3.63) is 231 Å². The third kappa shape index (κ3) is 5.17. The van der Waals surface area contributed by atoms with Gasteiger partial charge >= 0.3 is 0 Å². The maximum Gasteiger partial charge on any atom is 0.0541 e. The van der Waals surface area contributed by atoms with Crippen LogP contribution in [0.2, 0.25) is 0 Å². The van der Waals surface area contributed by atoms with Gasteiger partial charge in [0.05, 0.1) is 22.1 Å². The SMILES string of the molecule is c1ccc(-c2ccc(-c3c4cc(-n5c6ccccc6c6ccccc65)ccc4c(-c4cccc5ccccc45)c4cc(-n5c6ccccc6c6ccccc65)ccc34)cc2)cc1. The number of aromatic nitrogens is 2. The van der Waals surface area contributed by atoms with Crippen LogP contribution in [-0.2, 0) is 0 Å². The van der Waals surface area contributed by atoms with E-state index >= 15 is 0 Å². The fraction of sp³-hybridized carbons (Fsp3) is 0. The van der Waals surface area contributed by atoms with E-state index in [1.807, 2.05) is 0 Å². The van der Waals surface area contributed by atoms with Gasteiger partial charge in [0.15, 0.2) is 0 Å². The molecule has 11 aromatic carbocycles. The molecule has 0 N–H and O–H groups in total. The van der Waals surface area contributed by atoms with E-state index in [-0.39, 0.29) is 0 Å². The van der Waals surface area contributed by atoms with Gasteiger partial charge in [-0.3, -0.25) is 0 Å². The zero-order chi connectivity index (χ0) is 40.7. The Balaban J connectivity index is 1.18. The molecule has 0 aliphatic carbocycles. The van der Waals surface area contributed by atoms with Crippen LogP contribution in [0.1, 0.15) is 0 Å². The van der Waals surface area contributed by atoms with Crippen molar-refractivity contribution in [3.8, 4) is 44.8 Å². The monoisotopic (exact) mass is 786 g/mol. The van der Waals surface area contributed by atoms with E-state index in [1.165, 1.54) is 109 Å². The highest BCUT2D eigenvalue weighted by Gasteiger charge is 2.22. The quantitative estimate of drug-likeness (QED) is 0.154. The standard InChI is InChI=1S/C60H38N2/c1-2-15-39(16-3-1)40-29-31-42(32-30-40)59-51-35-33-44(62-57-27-12-8-22-48(57)49-23-9-13-28-58(49)62)38-54(51)60(50-24-14-18-41-17-4-5-19-45(41)50)52-36-34-43(37-53(52)59)61-55-25-10-6-20-46(55)47-21-7-11-26-56(47)61/h1-38H. The van der Waals surface area contributed by atoms with E-state index in [4.69, 9.17) is 0 Å². The maximum absolute atomic E-state index is 2.45. The molecule has 0 amide bonds. The molecule has 0 fully saturated rings. The van der Waals surface area contributed by atoms with Crippen molar-refractivity contribution in [2.45, 2.75) is 0 Å². The minimum absolute atomic E-state index is 1.14. The first-order valence-corrected chi connectivity index (χ1v) is 21.4. The van der Waals surface area contributed by atoms with Crippen molar-refractivity contribution in [3.63, 3.8) is 0 Å². The number of rotatable bonds is 5. The van der Waals surface area contributed by atoms with Gasteiger partial charge in [0.2, 0.25) is 0 Å². The number of nitrogens with zero attached hydrogens (tertiary/aromatic N) is 2. The van der Waals surface area contributed by atoms with Gasteiger partial charge in [-0.05, 0) is 114 Å². The summed E-state index contributed by atoms with van der Waals surface area (Å²) in [5.41, 5.74) is 14.4. The molecular weight excluding hydrogens is 749 g/mol. The molecule has 0 saturated heterocycles. The molecule has 0 atom stereocenters. The fourth-order valence-electron chi connectivity index (χ4n) is 10.4. The van der Waals surface area contributed by atoms with Gasteiger partial charge in [-0.2, -0.15) is 0 Å². The highest BCUT2D eigenvalue weighted by Crippen LogP contribution is 2.48. The molecule has 2 heterocycles. The second kappa shape index (κ2) is 13.7. The summed E-state index contributed by atoms with van der Waals surface area (Å²) in [5.74, 6) is 0. The molecule has 0 radical (unpaired) electrons. The molecule has 288 valence electrons. The molecule has 0 saturated carbocycles. The second-order valence-electron chi connectivity index (χ2n) is 16.4. The van der Waals surface area contributed by atoms with Crippen molar-refractivity contribution in [1.29, 1.82) is 0 Å². The van der Waals surface area contributed by atoms with E-state index in [0.717, 1.165) is 11.4 Å². The topological polar surface area (TPSA) is 9.86 Å². The summed E-state index contributed by atoms with van der Waals surface area (Å²) in [5, 5.41) is 12.4. The summed E-state index contributed by atoms with van der Waals surface area (Å²) in [6, 6.07) is 85.0. The second-order valence-corrected chi connectivity index (χ2v) is 16.4. The fourth-order valence-corrected chi connectivity index (χ4v) is 10.4. The summed E-state index contributed by atoms with van der Waals surface area (Å²) in [6.07, 6.45) is 0. The van der Waals surface area contributed by atoms with Crippen LogP contribution in [-0.4, -0.2) is 9.13 Å². The molecule has 2 aromatic heterocycles. The first-order chi connectivity index (χ1) is 30.8. The van der Waals surface area contributed by atoms with Crippen LogP contribution in [0.15, 0.2) is 231 Å². The van der Waals surface area contributed by atoms with Crippen molar-refractivity contribution in [1.82, 2.24) is 9.13 Å². The lowest BCUT2D eigenvalue weighted by Crippen LogP contribution is -1.98. The van der Waals surface area contributed by atoms with E-state index in [1.54, 1.807) is 0 Å². The molecule has 0 aliphatic heterocycles.